The quantitative estimate of drug-likeness (QED) is 0.866. The van der Waals surface area contributed by atoms with Gasteiger partial charge in [-0.2, -0.15) is 0 Å². The Morgan fingerprint density at radius 2 is 2.11 bits per heavy atom. The molecule has 18 heavy (non-hydrogen) atoms. The second-order valence-electron chi connectivity index (χ2n) is 4.16. The molecule has 0 spiro atoms. The van der Waals surface area contributed by atoms with E-state index in [0.29, 0.717) is 13.2 Å². The average Bonchev–Trinajstić information content (AvgIpc) is 2.86. The van der Waals surface area contributed by atoms with Crippen LogP contribution in [0.5, 0.6) is 11.5 Å². The zero-order valence-corrected chi connectivity index (χ0v) is 10.2. The average molecular weight is 245 g/mol. The third-order valence-electron chi connectivity index (χ3n) is 2.87. The Morgan fingerprint density at radius 1 is 1.28 bits per heavy atom. The van der Waals surface area contributed by atoms with Gasteiger partial charge in [0.1, 0.15) is 13.2 Å². The fraction of sp³-hybridized carbons (Fsp3) is 0.308. The minimum atomic E-state index is 0.615. The maximum absolute atomic E-state index is 5.57. The van der Waals surface area contributed by atoms with E-state index in [2.05, 4.69) is 15.3 Å². The van der Waals surface area contributed by atoms with Gasteiger partial charge in [0.25, 0.3) is 0 Å². The van der Waals surface area contributed by atoms with E-state index in [4.69, 9.17) is 9.47 Å². The predicted octanol–water partition coefficient (Wildman–Crippen LogP) is 1.81. The third-order valence-corrected chi connectivity index (χ3v) is 2.87. The van der Waals surface area contributed by atoms with Gasteiger partial charge < -0.3 is 19.8 Å². The first-order chi connectivity index (χ1) is 8.85. The van der Waals surface area contributed by atoms with Gasteiger partial charge in [0.15, 0.2) is 17.4 Å². The molecule has 0 atom stereocenters. The number of hydrogen-bond donors (Lipinski definition) is 2. The van der Waals surface area contributed by atoms with Crippen molar-refractivity contribution < 1.29 is 9.47 Å². The van der Waals surface area contributed by atoms with Crippen LogP contribution in [0.15, 0.2) is 24.4 Å². The van der Waals surface area contributed by atoms with Crippen molar-refractivity contribution in [1.82, 2.24) is 9.97 Å². The molecule has 1 aliphatic heterocycles. The number of H-pyrrole nitrogens is 1. The van der Waals surface area contributed by atoms with Gasteiger partial charge in [-0.05, 0) is 17.7 Å². The molecule has 0 bridgehead atoms. The van der Waals surface area contributed by atoms with Crippen LogP contribution < -0.4 is 14.8 Å². The Kier molecular flexibility index (Phi) is 2.80. The molecule has 1 aromatic carbocycles. The van der Waals surface area contributed by atoms with Crippen molar-refractivity contribution >= 4 is 5.95 Å². The molecule has 1 aliphatic rings. The molecule has 0 amide bonds. The molecule has 5 heteroatoms. The Bertz CT molecular complexity index is 551. The highest BCUT2D eigenvalue weighted by Crippen LogP contribution is 2.31. The van der Waals surface area contributed by atoms with Gasteiger partial charge in [-0.3, -0.25) is 0 Å². The SMILES string of the molecule is CNc1ncc(Cc2ccc3c(c2)OCCO3)[nH]1. The van der Waals surface area contributed by atoms with Crippen LogP contribution in [0.4, 0.5) is 5.95 Å². The van der Waals surface area contributed by atoms with E-state index in [1.165, 1.54) is 5.56 Å². The Morgan fingerprint density at radius 3 is 2.89 bits per heavy atom. The topological polar surface area (TPSA) is 59.2 Å². The summed E-state index contributed by atoms with van der Waals surface area (Å²) in [7, 11) is 1.84. The Hall–Kier alpha value is -2.17. The van der Waals surface area contributed by atoms with E-state index in [-0.39, 0.29) is 0 Å². The highest BCUT2D eigenvalue weighted by molar-refractivity contribution is 5.44. The number of ether oxygens (including phenoxy) is 2. The van der Waals surface area contributed by atoms with Crippen LogP contribution in [-0.2, 0) is 6.42 Å². The summed E-state index contributed by atoms with van der Waals surface area (Å²) >= 11 is 0. The first kappa shape index (κ1) is 11.0. The zero-order valence-electron chi connectivity index (χ0n) is 10.2. The standard InChI is InChI=1S/C13H15N3O2/c1-14-13-15-8-10(16-13)6-9-2-3-11-12(7-9)18-5-4-17-11/h2-3,7-8H,4-6H2,1H3,(H2,14,15,16). The second-order valence-corrected chi connectivity index (χ2v) is 4.16. The fourth-order valence-electron chi connectivity index (χ4n) is 1.99. The summed E-state index contributed by atoms with van der Waals surface area (Å²) in [4.78, 5) is 7.39. The number of aromatic amines is 1. The lowest BCUT2D eigenvalue weighted by molar-refractivity contribution is 0.171. The number of nitrogens with zero attached hydrogens (tertiary/aromatic N) is 1. The minimum Gasteiger partial charge on any atom is -0.486 e. The summed E-state index contributed by atoms with van der Waals surface area (Å²) < 4.78 is 11.1. The van der Waals surface area contributed by atoms with Crippen LogP contribution in [-0.4, -0.2) is 30.2 Å². The number of aromatic nitrogens is 2. The third kappa shape index (κ3) is 2.11. The molecule has 94 valence electrons. The number of anilines is 1. The maximum atomic E-state index is 5.57. The summed E-state index contributed by atoms with van der Waals surface area (Å²) in [5.41, 5.74) is 2.24. The lowest BCUT2D eigenvalue weighted by Crippen LogP contribution is -2.15. The Balaban J connectivity index is 1.80. The molecule has 2 heterocycles. The summed E-state index contributed by atoms with van der Waals surface area (Å²) in [6.45, 7) is 1.24. The smallest absolute Gasteiger partial charge is 0.200 e. The zero-order chi connectivity index (χ0) is 12.4. The van der Waals surface area contributed by atoms with E-state index in [0.717, 1.165) is 29.6 Å². The summed E-state index contributed by atoms with van der Waals surface area (Å²) in [5, 5.41) is 2.97. The molecule has 0 radical (unpaired) electrons. The molecule has 0 unspecified atom stereocenters. The lowest BCUT2D eigenvalue weighted by Gasteiger charge is -2.18. The molecule has 3 rings (SSSR count). The van der Waals surface area contributed by atoms with Gasteiger partial charge in [0.05, 0.1) is 6.20 Å². The van der Waals surface area contributed by atoms with Crippen LogP contribution in [0.3, 0.4) is 0 Å². The van der Waals surface area contributed by atoms with Crippen molar-refractivity contribution in [1.29, 1.82) is 0 Å². The van der Waals surface area contributed by atoms with Gasteiger partial charge in [0.2, 0.25) is 0 Å². The van der Waals surface area contributed by atoms with Crippen LogP contribution in [0.25, 0.3) is 0 Å². The number of fused-ring (bicyclic) bond motifs is 1. The Labute approximate surface area is 105 Å². The monoisotopic (exact) mass is 245 g/mol. The number of benzene rings is 1. The first-order valence-corrected chi connectivity index (χ1v) is 5.95. The van der Waals surface area contributed by atoms with Crippen LogP contribution in [0.2, 0.25) is 0 Å². The lowest BCUT2D eigenvalue weighted by atomic mass is 10.1. The van der Waals surface area contributed by atoms with E-state index in [1.54, 1.807) is 0 Å². The summed E-state index contributed by atoms with van der Waals surface area (Å²) in [6, 6.07) is 6.03. The largest absolute Gasteiger partial charge is 0.486 e. The summed E-state index contributed by atoms with van der Waals surface area (Å²) in [6.07, 6.45) is 2.63. The van der Waals surface area contributed by atoms with E-state index >= 15 is 0 Å². The van der Waals surface area contributed by atoms with Gasteiger partial charge in [-0.25, -0.2) is 4.98 Å². The highest BCUT2D eigenvalue weighted by atomic mass is 16.6. The van der Waals surface area contributed by atoms with Crippen molar-refractivity contribution in [3.05, 3.63) is 35.7 Å². The second kappa shape index (κ2) is 4.60. The van der Waals surface area contributed by atoms with E-state index < -0.39 is 0 Å². The van der Waals surface area contributed by atoms with Crippen molar-refractivity contribution in [2.75, 3.05) is 25.6 Å². The molecule has 0 fully saturated rings. The number of imidazole rings is 1. The molecular formula is C13H15N3O2. The van der Waals surface area contributed by atoms with E-state index in [1.807, 2.05) is 31.4 Å². The molecular weight excluding hydrogens is 230 g/mol. The van der Waals surface area contributed by atoms with Gasteiger partial charge in [0, 0.05) is 19.2 Å². The number of hydrogen-bond acceptors (Lipinski definition) is 4. The van der Waals surface area contributed by atoms with Crippen LogP contribution in [0.1, 0.15) is 11.3 Å². The number of rotatable bonds is 3. The molecule has 5 nitrogen and oxygen atoms in total. The van der Waals surface area contributed by atoms with Crippen molar-refractivity contribution in [2.45, 2.75) is 6.42 Å². The molecule has 1 aromatic heterocycles. The summed E-state index contributed by atoms with van der Waals surface area (Å²) in [5.74, 6) is 2.43. The van der Waals surface area contributed by atoms with Crippen molar-refractivity contribution in [3.8, 4) is 11.5 Å². The molecule has 0 saturated heterocycles. The number of nitrogens with one attached hydrogen (secondary N) is 2. The highest BCUT2D eigenvalue weighted by Gasteiger charge is 2.12. The molecule has 2 N–H and O–H groups in total. The molecule has 0 saturated carbocycles. The van der Waals surface area contributed by atoms with Gasteiger partial charge in [-0.1, -0.05) is 6.07 Å². The van der Waals surface area contributed by atoms with E-state index in [9.17, 15) is 0 Å². The first-order valence-electron chi connectivity index (χ1n) is 5.95. The normalized spacial score (nSPS) is 13.4. The predicted molar refractivity (Wildman–Crippen MR) is 68.4 cm³/mol. The van der Waals surface area contributed by atoms with Crippen LogP contribution >= 0.6 is 0 Å². The minimum absolute atomic E-state index is 0.615. The van der Waals surface area contributed by atoms with Crippen molar-refractivity contribution in [2.24, 2.45) is 0 Å². The maximum Gasteiger partial charge on any atom is 0.200 e. The van der Waals surface area contributed by atoms with Crippen molar-refractivity contribution in [3.63, 3.8) is 0 Å². The van der Waals surface area contributed by atoms with Gasteiger partial charge >= 0.3 is 0 Å². The molecule has 0 aliphatic carbocycles. The van der Waals surface area contributed by atoms with Gasteiger partial charge in [-0.15, -0.1) is 0 Å². The molecule has 2 aromatic rings. The van der Waals surface area contributed by atoms with Crippen LogP contribution in [0, 0.1) is 0 Å². The fourth-order valence-corrected chi connectivity index (χ4v) is 1.99.